The van der Waals surface area contributed by atoms with Crippen molar-refractivity contribution in [1.29, 1.82) is 0 Å². The Bertz CT molecular complexity index is 624. The quantitative estimate of drug-likeness (QED) is 0.824. The second-order valence-corrected chi connectivity index (χ2v) is 6.16. The van der Waals surface area contributed by atoms with Gasteiger partial charge in [0.05, 0.1) is 10.0 Å². The molecule has 20 heavy (non-hydrogen) atoms. The van der Waals surface area contributed by atoms with E-state index in [1.165, 1.54) is 16.7 Å². The van der Waals surface area contributed by atoms with E-state index in [4.69, 9.17) is 23.2 Å². The molecule has 2 atom stereocenters. The topological polar surface area (TPSA) is 12.0 Å². The molecule has 1 N–H and O–H groups in total. The summed E-state index contributed by atoms with van der Waals surface area (Å²) >= 11 is 12.2. The molecule has 0 saturated heterocycles. The standard InChI is InChI=1S/C17H17Cl2N/c1-20-17-10-13(8-12-4-2-3-5-14(12)17)11-6-7-15(18)16(19)9-11/h2-7,9,13,17,20H,8,10H2,1H3/t13-,17-/m0/s1. The molecule has 0 bridgehead atoms. The summed E-state index contributed by atoms with van der Waals surface area (Å²) < 4.78 is 0. The molecule has 0 saturated carbocycles. The van der Waals surface area contributed by atoms with Gasteiger partial charge in [0.15, 0.2) is 0 Å². The van der Waals surface area contributed by atoms with Crippen LogP contribution >= 0.6 is 23.2 Å². The van der Waals surface area contributed by atoms with E-state index in [9.17, 15) is 0 Å². The van der Waals surface area contributed by atoms with Crippen molar-refractivity contribution in [3.8, 4) is 0 Å². The van der Waals surface area contributed by atoms with Crippen molar-refractivity contribution in [2.75, 3.05) is 7.05 Å². The van der Waals surface area contributed by atoms with Crippen LogP contribution in [-0.4, -0.2) is 7.05 Å². The Morgan fingerprint density at radius 3 is 2.60 bits per heavy atom. The largest absolute Gasteiger partial charge is 0.313 e. The van der Waals surface area contributed by atoms with E-state index in [1.807, 2.05) is 19.2 Å². The van der Waals surface area contributed by atoms with Crippen LogP contribution in [0.5, 0.6) is 0 Å². The third kappa shape index (κ3) is 2.58. The Kier molecular flexibility index (Phi) is 4.02. The predicted molar refractivity (Wildman–Crippen MR) is 85.8 cm³/mol. The van der Waals surface area contributed by atoms with Crippen LogP contribution in [0.4, 0.5) is 0 Å². The fourth-order valence-electron chi connectivity index (χ4n) is 3.11. The average Bonchev–Trinajstić information content (AvgIpc) is 2.49. The number of fused-ring (bicyclic) bond motifs is 1. The van der Waals surface area contributed by atoms with E-state index in [0.29, 0.717) is 22.0 Å². The average molecular weight is 306 g/mol. The predicted octanol–water partition coefficient (Wildman–Crippen LogP) is 4.98. The molecule has 104 valence electrons. The highest BCUT2D eigenvalue weighted by Crippen LogP contribution is 2.39. The molecule has 0 amide bonds. The molecule has 0 radical (unpaired) electrons. The second-order valence-electron chi connectivity index (χ2n) is 5.35. The lowest BCUT2D eigenvalue weighted by Crippen LogP contribution is -2.25. The van der Waals surface area contributed by atoms with Crippen molar-refractivity contribution in [3.05, 3.63) is 69.2 Å². The van der Waals surface area contributed by atoms with Crippen molar-refractivity contribution in [2.24, 2.45) is 0 Å². The van der Waals surface area contributed by atoms with E-state index >= 15 is 0 Å². The van der Waals surface area contributed by atoms with Crippen molar-refractivity contribution < 1.29 is 0 Å². The Balaban J connectivity index is 1.95. The second kappa shape index (κ2) is 5.77. The first-order valence-electron chi connectivity index (χ1n) is 6.89. The number of hydrogen-bond donors (Lipinski definition) is 1. The maximum Gasteiger partial charge on any atom is 0.0595 e. The lowest BCUT2D eigenvalue weighted by molar-refractivity contribution is 0.449. The van der Waals surface area contributed by atoms with Crippen LogP contribution in [0.1, 0.15) is 35.1 Å². The van der Waals surface area contributed by atoms with E-state index in [-0.39, 0.29) is 0 Å². The number of rotatable bonds is 2. The Hall–Kier alpha value is -1.02. The number of halogens is 2. The zero-order valence-electron chi connectivity index (χ0n) is 11.4. The number of hydrogen-bond acceptors (Lipinski definition) is 1. The highest BCUT2D eigenvalue weighted by Gasteiger charge is 2.26. The summed E-state index contributed by atoms with van der Waals surface area (Å²) in [7, 11) is 2.03. The monoisotopic (exact) mass is 305 g/mol. The minimum absolute atomic E-state index is 0.402. The molecule has 1 aliphatic rings. The fourth-order valence-corrected chi connectivity index (χ4v) is 3.42. The van der Waals surface area contributed by atoms with Crippen molar-refractivity contribution >= 4 is 23.2 Å². The van der Waals surface area contributed by atoms with Crippen molar-refractivity contribution in [1.82, 2.24) is 5.32 Å². The zero-order chi connectivity index (χ0) is 14.1. The third-order valence-electron chi connectivity index (χ3n) is 4.18. The van der Waals surface area contributed by atoms with Gasteiger partial charge in [-0.05, 0) is 54.6 Å². The van der Waals surface area contributed by atoms with Crippen LogP contribution in [-0.2, 0) is 6.42 Å². The van der Waals surface area contributed by atoms with Gasteiger partial charge < -0.3 is 5.32 Å². The van der Waals surface area contributed by atoms with Gasteiger partial charge >= 0.3 is 0 Å². The van der Waals surface area contributed by atoms with E-state index in [0.717, 1.165) is 12.8 Å². The van der Waals surface area contributed by atoms with Crippen LogP contribution in [0.25, 0.3) is 0 Å². The summed E-state index contributed by atoms with van der Waals surface area (Å²) in [5, 5.41) is 4.69. The SMILES string of the molecule is CN[C@H]1C[C@@H](c2ccc(Cl)c(Cl)c2)Cc2ccccc21. The third-order valence-corrected chi connectivity index (χ3v) is 4.92. The van der Waals surface area contributed by atoms with E-state index in [2.05, 4.69) is 35.6 Å². The van der Waals surface area contributed by atoms with Gasteiger partial charge in [0.1, 0.15) is 0 Å². The lowest BCUT2D eigenvalue weighted by Gasteiger charge is -2.32. The van der Waals surface area contributed by atoms with Gasteiger partial charge in [0.2, 0.25) is 0 Å². The van der Waals surface area contributed by atoms with Crippen LogP contribution in [0, 0.1) is 0 Å². The highest BCUT2D eigenvalue weighted by atomic mass is 35.5. The first-order valence-corrected chi connectivity index (χ1v) is 7.64. The van der Waals surface area contributed by atoms with Crippen molar-refractivity contribution in [3.63, 3.8) is 0 Å². The Morgan fingerprint density at radius 2 is 1.85 bits per heavy atom. The maximum atomic E-state index is 6.16. The summed E-state index contributed by atoms with van der Waals surface area (Å²) in [6, 6.07) is 15.1. The molecule has 1 aliphatic carbocycles. The van der Waals surface area contributed by atoms with Gasteiger partial charge in [-0.15, -0.1) is 0 Å². The zero-order valence-corrected chi connectivity index (χ0v) is 12.9. The molecule has 0 aliphatic heterocycles. The fraction of sp³-hybridized carbons (Fsp3) is 0.294. The van der Waals surface area contributed by atoms with E-state index < -0.39 is 0 Å². The van der Waals surface area contributed by atoms with Crippen LogP contribution in [0.2, 0.25) is 10.0 Å². The van der Waals surface area contributed by atoms with Gasteiger partial charge in [-0.3, -0.25) is 0 Å². The van der Waals surface area contributed by atoms with E-state index in [1.54, 1.807) is 0 Å². The summed E-state index contributed by atoms with van der Waals surface area (Å²) in [6.07, 6.45) is 2.15. The molecular weight excluding hydrogens is 289 g/mol. The molecule has 3 rings (SSSR count). The maximum absolute atomic E-state index is 6.16. The molecule has 3 heteroatoms. The summed E-state index contributed by atoms with van der Waals surface area (Å²) in [4.78, 5) is 0. The molecule has 0 spiro atoms. The normalized spacial score (nSPS) is 21.6. The number of nitrogens with one attached hydrogen (secondary N) is 1. The summed E-state index contributed by atoms with van der Waals surface area (Å²) in [5.41, 5.74) is 4.12. The molecule has 0 aromatic heterocycles. The minimum atomic E-state index is 0.402. The molecule has 0 heterocycles. The highest BCUT2D eigenvalue weighted by molar-refractivity contribution is 6.42. The molecule has 0 unspecified atom stereocenters. The first-order chi connectivity index (χ1) is 9.69. The van der Waals surface area contributed by atoms with Gasteiger partial charge in [-0.2, -0.15) is 0 Å². The van der Waals surface area contributed by atoms with Crippen molar-refractivity contribution in [2.45, 2.75) is 24.8 Å². The number of benzene rings is 2. The van der Waals surface area contributed by atoms with Gasteiger partial charge in [-0.25, -0.2) is 0 Å². The molecule has 2 aromatic carbocycles. The Morgan fingerprint density at radius 1 is 1.05 bits per heavy atom. The molecule has 1 nitrogen and oxygen atoms in total. The van der Waals surface area contributed by atoms with Gasteiger partial charge in [0.25, 0.3) is 0 Å². The smallest absolute Gasteiger partial charge is 0.0595 e. The molecule has 0 fully saturated rings. The summed E-state index contributed by atoms with van der Waals surface area (Å²) in [5.74, 6) is 0.483. The summed E-state index contributed by atoms with van der Waals surface area (Å²) in [6.45, 7) is 0. The van der Waals surface area contributed by atoms with Crippen LogP contribution < -0.4 is 5.32 Å². The minimum Gasteiger partial charge on any atom is -0.313 e. The molecule has 2 aromatic rings. The van der Waals surface area contributed by atoms with Crippen LogP contribution in [0.3, 0.4) is 0 Å². The van der Waals surface area contributed by atoms with Gasteiger partial charge in [0, 0.05) is 6.04 Å². The first kappa shape index (κ1) is 13.9. The Labute approximate surface area is 129 Å². The lowest BCUT2D eigenvalue weighted by atomic mass is 9.77. The molecular formula is C17H17Cl2N. The van der Waals surface area contributed by atoms with Crippen LogP contribution in [0.15, 0.2) is 42.5 Å². The van der Waals surface area contributed by atoms with Gasteiger partial charge in [-0.1, -0.05) is 53.5 Å².